The molecule has 6 heteroatoms. The molecule has 0 spiro atoms. The Morgan fingerprint density at radius 3 is 2.48 bits per heavy atom. The summed E-state index contributed by atoms with van der Waals surface area (Å²) >= 11 is 0. The molecule has 0 aliphatic carbocycles. The summed E-state index contributed by atoms with van der Waals surface area (Å²) in [7, 11) is 0. The highest BCUT2D eigenvalue weighted by Crippen LogP contribution is 2.27. The van der Waals surface area contributed by atoms with Crippen molar-refractivity contribution < 1.29 is 18.7 Å². The molecule has 1 atom stereocenters. The van der Waals surface area contributed by atoms with Gasteiger partial charge >= 0.3 is 5.97 Å². The lowest BCUT2D eigenvalue weighted by Crippen LogP contribution is -2.30. The fourth-order valence-corrected chi connectivity index (χ4v) is 3.24. The number of carbonyl (C=O) groups excluding carboxylic acids is 2. The summed E-state index contributed by atoms with van der Waals surface area (Å²) in [5, 5.41) is 2.86. The van der Waals surface area contributed by atoms with Gasteiger partial charge in [-0.15, -0.1) is 0 Å². The van der Waals surface area contributed by atoms with Crippen LogP contribution in [0.4, 0.5) is 5.69 Å². The van der Waals surface area contributed by atoms with Gasteiger partial charge in [-0.05, 0) is 30.7 Å². The van der Waals surface area contributed by atoms with Crippen LogP contribution in [0.3, 0.4) is 0 Å². The highest BCUT2D eigenvalue weighted by molar-refractivity contribution is 5.98. The second kappa shape index (κ2) is 9.26. The average Bonchev–Trinajstić information content (AvgIpc) is 3.22. The number of amides is 1. The first kappa shape index (κ1) is 20.3. The standard InChI is InChI=1S/C25H22N2O4/c1-17(30-24(28)16-15-23-26-21-13-7-8-14-22(21)31-23)25(29)27-20-12-6-5-11-19(20)18-9-3-2-4-10-18/h2-14,17H,15-16H2,1H3,(H,27,29)/t17-/m0/s1. The third-order valence-corrected chi connectivity index (χ3v) is 4.83. The van der Waals surface area contributed by atoms with Crippen molar-refractivity contribution in [3.05, 3.63) is 84.8 Å². The Labute approximate surface area is 179 Å². The Morgan fingerprint density at radius 2 is 1.68 bits per heavy atom. The summed E-state index contributed by atoms with van der Waals surface area (Å²) in [6.07, 6.45) is -0.552. The smallest absolute Gasteiger partial charge is 0.307 e. The minimum atomic E-state index is -0.931. The van der Waals surface area contributed by atoms with Crippen LogP contribution in [0, 0.1) is 0 Å². The van der Waals surface area contributed by atoms with Crippen molar-refractivity contribution in [2.24, 2.45) is 0 Å². The number of ether oxygens (including phenoxy) is 1. The van der Waals surface area contributed by atoms with Crippen molar-refractivity contribution in [1.82, 2.24) is 4.98 Å². The molecule has 3 aromatic carbocycles. The third-order valence-electron chi connectivity index (χ3n) is 4.83. The predicted octanol–water partition coefficient (Wildman–Crippen LogP) is 5.00. The van der Waals surface area contributed by atoms with Crippen molar-refractivity contribution >= 4 is 28.7 Å². The number of carbonyl (C=O) groups is 2. The number of nitrogens with zero attached hydrogens (tertiary/aromatic N) is 1. The van der Waals surface area contributed by atoms with Gasteiger partial charge in [0.25, 0.3) is 5.91 Å². The number of esters is 1. The maximum Gasteiger partial charge on any atom is 0.307 e. The Morgan fingerprint density at radius 1 is 0.968 bits per heavy atom. The average molecular weight is 414 g/mol. The van der Waals surface area contributed by atoms with E-state index in [-0.39, 0.29) is 6.42 Å². The van der Waals surface area contributed by atoms with Crippen LogP contribution in [0.2, 0.25) is 0 Å². The number of aryl methyl sites for hydroxylation is 1. The molecule has 0 saturated carbocycles. The van der Waals surface area contributed by atoms with Crippen LogP contribution < -0.4 is 5.32 Å². The molecule has 1 N–H and O–H groups in total. The van der Waals surface area contributed by atoms with Crippen LogP contribution in [0.1, 0.15) is 19.2 Å². The maximum absolute atomic E-state index is 12.6. The molecule has 4 aromatic rings. The lowest BCUT2D eigenvalue weighted by Gasteiger charge is -2.15. The van der Waals surface area contributed by atoms with Gasteiger partial charge in [0, 0.05) is 17.7 Å². The van der Waals surface area contributed by atoms with Crippen LogP contribution in [-0.2, 0) is 20.7 Å². The lowest BCUT2D eigenvalue weighted by atomic mass is 10.0. The molecule has 6 nitrogen and oxygen atoms in total. The SMILES string of the molecule is C[C@H](OC(=O)CCc1nc2ccccc2o1)C(=O)Nc1ccccc1-c1ccccc1. The van der Waals surface area contributed by atoms with Gasteiger partial charge in [0.15, 0.2) is 17.6 Å². The molecular formula is C25H22N2O4. The van der Waals surface area contributed by atoms with Gasteiger partial charge in [0.05, 0.1) is 6.42 Å². The number of hydrogen-bond acceptors (Lipinski definition) is 5. The van der Waals surface area contributed by atoms with Crippen molar-refractivity contribution in [3.63, 3.8) is 0 Å². The van der Waals surface area contributed by atoms with E-state index < -0.39 is 18.0 Å². The van der Waals surface area contributed by atoms with Crippen molar-refractivity contribution in [2.75, 3.05) is 5.32 Å². The molecule has 0 bridgehead atoms. The van der Waals surface area contributed by atoms with E-state index in [2.05, 4.69) is 10.3 Å². The normalized spacial score (nSPS) is 11.8. The zero-order valence-electron chi connectivity index (χ0n) is 17.1. The summed E-state index contributed by atoms with van der Waals surface area (Å²) in [6.45, 7) is 1.55. The Hall–Kier alpha value is -3.93. The molecule has 1 heterocycles. The highest BCUT2D eigenvalue weighted by Gasteiger charge is 2.19. The number of hydrogen-bond donors (Lipinski definition) is 1. The van der Waals surface area contributed by atoms with E-state index in [1.54, 1.807) is 6.92 Å². The van der Waals surface area contributed by atoms with Gasteiger partial charge in [-0.1, -0.05) is 60.7 Å². The Bertz CT molecular complexity index is 1170. The molecule has 0 unspecified atom stereocenters. The van der Waals surface area contributed by atoms with Crippen LogP contribution >= 0.6 is 0 Å². The van der Waals surface area contributed by atoms with E-state index in [0.29, 0.717) is 23.6 Å². The van der Waals surface area contributed by atoms with E-state index >= 15 is 0 Å². The number of para-hydroxylation sites is 3. The molecule has 1 aromatic heterocycles. The first-order chi connectivity index (χ1) is 15.1. The fourth-order valence-electron chi connectivity index (χ4n) is 3.24. The third kappa shape index (κ3) is 4.98. The topological polar surface area (TPSA) is 81.4 Å². The van der Waals surface area contributed by atoms with E-state index in [1.807, 2.05) is 78.9 Å². The van der Waals surface area contributed by atoms with Crippen molar-refractivity contribution in [1.29, 1.82) is 0 Å². The second-order valence-corrected chi connectivity index (χ2v) is 7.11. The number of fused-ring (bicyclic) bond motifs is 1. The molecule has 0 aliphatic rings. The van der Waals surface area contributed by atoms with Crippen LogP contribution in [0.25, 0.3) is 22.2 Å². The number of benzene rings is 3. The van der Waals surface area contributed by atoms with Crippen LogP contribution in [-0.4, -0.2) is 23.0 Å². The summed E-state index contributed by atoms with van der Waals surface area (Å²) in [5.41, 5.74) is 3.96. The number of rotatable bonds is 7. The maximum atomic E-state index is 12.6. The fraction of sp³-hybridized carbons (Fsp3) is 0.160. The molecule has 4 rings (SSSR count). The molecular weight excluding hydrogens is 392 g/mol. The summed E-state index contributed by atoms with van der Waals surface area (Å²) in [6, 6.07) is 24.7. The lowest BCUT2D eigenvalue weighted by molar-refractivity contribution is -0.153. The molecule has 1 amide bonds. The van der Waals surface area contributed by atoms with Gasteiger partial charge in [-0.2, -0.15) is 0 Å². The zero-order chi connectivity index (χ0) is 21.6. The van der Waals surface area contributed by atoms with Gasteiger partial charge in [0.2, 0.25) is 0 Å². The van der Waals surface area contributed by atoms with E-state index in [0.717, 1.165) is 16.6 Å². The van der Waals surface area contributed by atoms with Gasteiger partial charge in [0.1, 0.15) is 5.52 Å². The second-order valence-electron chi connectivity index (χ2n) is 7.11. The number of nitrogens with one attached hydrogen (secondary N) is 1. The Kier molecular flexibility index (Phi) is 6.08. The molecule has 0 saturated heterocycles. The van der Waals surface area contributed by atoms with E-state index in [9.17, 15) is 9.59 Å². The van der Waals surface area contributed by atoms with E-state index in [4.69, 9.17) is 9.15 Å². The highest BCUT2D eigenvalue weighted by atomic mass is 16.5. The van der Waals surface area contributed by atoms with Gasteiger partial charge in [-0.3, -0.25) is 9.59 Å². The predicted molar refractivity (Wildman–Crippen MR) is 118 cm³/mol. The Balaban J connectivity index is 1.34. The molecule has 0 aliphatic heterocycles. The molecule has 31 heavy (non-hydrogen) atoms. The minimum absolute atomic E-state index is 0.0744. The largest absolute Gasteiger partial charge is 0.453 e. The van der Waals surface area contributed by atoms with Crippen LogP contribution in [0.5, 0.6) is 0 Å². The van der Waals surface area contributed by atoms with Gasteiger partial charge < -0.3 is 14.5 Å². The quantitative estimate of drug-likeness (QED) is 0.431. The molecule has 0 radical (unpaired) electrons. The number of aromatic nitrogens is 1. The number of anilines is 1. The molecule has 156 valence electrons. The van der Waals surface area contributed by atoms with Crippen molar-refractivity contribution in [3.8, 4) is 11.1 Å². The zero-order valence-corrected chi connectivity index (χ0v) is 17.1. The summed E-state index contributed by atoms with van der Waals surface area (Å²) in [5.74, 6) is -0.410. The first-order valence-electron chi connectivity index (χ1n) is 10.1. The first-order valence-corrected chi connectivity index (χ1v) is 10.1. The van der Waals surface area contributed by atoms with Gasteiger partial charge in [-0.25, -0.2) is 4.98 Å². The minimum Gasteiger partial charge on any atom is -0.453 e. The summed E-state index contributed by atoms with van der Waals surface area (Å²) in [4.78, 5) is 29.2. The number of oxazole rings is 1. The van der Waals surface area contributed by atoms with Crippen LogP contribution in [0.15, 0.2) is 83.3 Å². The van der Waals surface area contributed by atoms with Crippen molar-refractivity contribution in [2.45, 2.75) is 25.9 Å². The monoisotopic (exact) mass is 414 g/mol. The van der Waals surface area contributed by atoms with E-state index in [1.165, 1.54) is 0 Å². The summed E-state index contributed by atoms with van der Waals surface area (Å²) < 4.78 is 10.9. The molecule has 0 fully saturated rings.